The zero-order chi connectivity index (χ0) is 18.0. The summed E-state index contributed by atoms with van der Waals surface area (Å²) >= 11 is 0. The van der Waals surface area contributed by atoms with E-state index in [-0.39, 0.29) is 41.2 Å². The number of ether oxygens (including phenoxy) is 1. The summed E-state index contributed by atoms with van der Waals surface area (Å²) in [7, 11) is -1.37. The zero-order valence-corrected chi connectivity index (χ0v) is 15.5. The monoisotopic (exact) mass is 373 g/mol. The zero-order valence-electron chi connectivity index (χ0n) is 14.6. The number of amides is 2. The molecule has 1 aliphatic carbocycles. The molecule has 142 valence electrons. The van der Waals surface area contributed by atoms with Gasteiger partial charge < -0.3 is 15.0 Å². The first kappa shape index (κ1) is 18.6. The van der Waals surface area contributed by atoms with Crippen LogP contribution in [0.1, 0.15) is 12.8 Å². The van der Waals surface area contributed by atoms with Gasteiger partial charge in [0.2, 0.25) is 11.8 Å². The minimum absolute atomic E-state index is 0.0401. The van der Waals surface area contributed by atoms with E-state index >= 15 is 0 Å². The van der Waals surface area contributed by atoms with Gasteiger partial charge in [0.1, 0.15) is 0 Å². The summed E-state index contributed by atoms with van der Waals surface area (Å²) in [5.41, 5.74) is 0. The molecule has 2 amide bonds. The third-order valence-corrected chi connectivity index (χ3v) is 7.13. The summed E-state index contributed by atoms with van der Waals surface area (Å²) < 4.78 is 28.4. The molecule has 0 bridgehead atoms. The van der Waals surface area contributed by atoms with Crippen molar-refractivity contribution in [3.63, 3.8) is 0 Å². The maximum absolute atomic E-state index is 12.5. The lowest BCUT2D eigenvalue weighted by atomic mass is 10.2. The molecular weight excluding hydrogens is 346 g/mol. The minimum atomic E-state index is -3.02. The number of carbonyl (C=O) groups is 2. The van der Waals surface area contributed by atoms with E-state index in [2.05, 4.69) is 10.2 Å². The number of nitrogens with one attached hydrogen (secondary N) is 1. The van der Waals surface area contributed by atoms with Crippen molar-refractivity contribution < 1.29 is 22.7 Å². The van der Waals surface area contributed by atoms with E-state index in [1.54, 1.807) is 7.05 Å². The van der Waals surface area contributed by atoms with Crippen LogP contribution in [0.15, 0.2) is 0 Å². The number of hydrogen-bond donors (Lipinski definition) is 1. The van der Waals surface area contributed by atoms with Crippen LogP contribution in [0.4, 0.5) is 0 Å². The first-order valence-electron chi connectivity index (χ1n) is 8.92. The van der Waals surface area contributed by atoms with Crippen molar-refractivity contribution in [3.05, 3.63) is 0 Å². The molecule has 3 unspecified atom stereocenters. The summed E-state index contributed by atoms with van der Waals surface area (Å²) in [6.45, 7) is 4.60. The molecule has 3 aliphatic rings. The van der Waals surface area contributed by atoms with Crippen molar-refractivity contribution in [2.75, 3.05) is 57.9 Å². The van der Waals surface area contributed by atoms with Crippen molar-refractivity contribution in [3.8, 4) is 0 Å². The highest BCUT2D eigenvalue weighted by molar-refractivity contribution is 7.91. The SMILES string of the molecule is CN(C(=O)C1CC1C(=O)NCCN1CCOCC1)C1CCS(=O)(=O)C1. The van der Waals surface area contributed by atoms with Crippen LogP contribution >= 0.6 is 0 Å². The van der Waals surface area contributed by atoms with E-state index in [4.69, 9.17) is 4.74 Å². The molecule has 1 saturated carbocycles. The van der Waals surface area contributed by atoms with E-state index < -0.39 is 9.84 Å². The predicted octanol–water partition coefficient (Wildman–Crippen LogP) is -1.28. The Labute approximate surface area is 148 Å². The molecule has 1 N–H and O–H groups in total. The molecule has 2 aliphatic heterocycles. The molecule has 2 saturated heterocycles. The molecule has 0 aromatic heterocycles. The minimum Gasteiger partial charge on any atom is -0.379 e. The second-order valence-corrected chi connectivity index (χ2v) is 9.43. The van der Waals surface area contributed by atoms with Crippen LogP contribution in [-0.4, -0.2) is 94.0 Å². The van der Waals surface area contributed by atoms with Gasteiger partial charge in [-0.05, 0) is 12.8 Å². The fourth-order valence-corrected chi connectivity index (χ4v) is 5.35. The smallest absolute Gasteiger partial charge is 0.226 e. The average Bonchev–Trinajstić information content (AvgIpc) is 3.31. The van der Waals surface area contributed by atoms with Gasteiger partial charge in [0.05, 0.1) is 36.6 Å². The normalized spacial score (nSPS) is 31.5. The highest BCUT2D eigenvalue weighted by Gasteiger charge is 2.50. The highest BCUT2D eigenvalue weighted by atomic mass is 32.2. The lowest BCUT2D eigenvalue weighted by molar-refractivity contribution is -0.135. The predicted molar refractivity (Wildman–Crippen MR) is 91.7 cm³/mol. The van der Waals surface area contributed by atoms with Gasteiger partial charge in [-0.25, -0.2) is 8.42 Å². The number of hydrogen-bond acceptors (Lipinski definition) is 6. The quantitative estimate of drug-likeness (QED) is 0.623. The average molecular weight is 373 g/mol. The van der Waals surface area contributed by atoms with Gasteiger partial charge >= 0.3 is 0 Å². The van der Waals surface area contributed by atoms with Crippen LogP contribution < -0.4 is 5.32 Å². The van der Waals surface area contributed by atoms with Crippen LogP contribution in [0, 0.1) is 11.8 Å². The Kier molecular flexibility index (Phi) is 5.65. The lowest BCUT2D eigenvalue weighted by Gasteiger charge is -2.26. The third kappa shape index (κ3) is 4.71. The molecular formula is C16H27N3O5S. The Morgan fingerprint density at radius 1 is 1.24 bits per heavy atom. The Morgan fingerprint density at radius 3 is 2.60 bits per heavy atom. The molecule has 0 aromatic rings. The number of sulfone groups is 1. The van der Waals surface area contributed by atoms with Crippen LogP contribution in [0.25, 0.3) is 0 Å². The number of morpholine rings is 1. The molecule has 3 fully saturated rings. The van der Waals surface area contributed by atoms with Crippen molar-refractivity contribution in [2.45, 2.75) is 18.9 Å². The number of rotatable bonds is 6. The number of carbonyl (C=O) groups excluding carboxylic acids is 2. The second-order valence-electron chi connectivity index (χ2n) is 7.20. The van der Waals surface area contributed by atoms with Gasteiger partial charge in [-0.1, -0.05) is 0 Å². The Bertz CT molecular complexity index is 617. The fourth-order valence-electron chi connectivity index (χ4n) is 3.57. The van der Waals surface area contributed by atoms with E-state index in [9.17, 15) is 18.0 Å². The Morgan fingerprint density at radius 2 is 1.96 bits per heavy atom. The number of nitrogens with zero attached hydrogens (tertiary/aromatic N) is 2. The fraction of sp³-hybridized carbons (Fsp3) is 0.875. The lowest BCUT2D eigenvalue weighted by Crippen LogP contribution is -2.42. The molecule has 0 radical (unpaired) electrons. The van der Waals surface area contributed by atoms with E-state index in [0.717, 1.165) is 32.8 Å². The Balaban J connectivity index is 1.39. The summed E-state index contributed by atoms with van der Waals surface area (Å²) in [5, 5.41) is 2.91. The first-order valence-corrected chi connectivity index (χ1v) is 10.7. The third-order valence-electron chi connectivity index (χ3n) is 5.38. The molecule has 25 heavy (non-hydrogen) atoms. The van der Waals surface area contributed by atoms with E-state index in [0.29, 0.717) is 19.4 Å². The van der Waals surface area contributed by atoms with Gasteiger partial charge in [-0.2, -0.15) is 0 Å². The van der Waals surface area contributed by atoms with Crippen LogP contribution in [0.2, 0.25) is 0 Å². The first-order chi connectivity index (χ1) is 11.9. The van der Waals surface area contributed by atoms with Crippen LogP contribution in [-0.2, 0) is 24.2 Å². The maximum atomic E-state index is 12.5. The van der Waals surface area contributed by atoms with Crippen molar-refractivity contribution in [1.82, 2.24) is 15.1 Å². The summed E-state index contributed by atoms with van der Waals surface area (Å²) in [6.07, 6.45) is 1.06. The molecule has 0 aromatic carbocycles. The summed E-state index contributed by atoms with van der Waals surface area (Å²) in [6, 6.07) is -0.247. The van der Waals surface area contributed by atoms with E-state index in [1.165, 1.54) is 4.90 Å². The van der Waals surface area contributed by atoms with Gasteiger partial charge in [0.25, 0.3) is 0 Å². The molecule has 0 spiro atoms. The molecule has 3 rings (SSSR count). The molecule has 3 atom stereocenters. The van der Waals surface area contributed by atoms with Crippen molar-refractivity contribution in [1.29, 1.82) is 0 Å². The van der Waals surface area contributed by atoms with E-state index in [1.807, 2.05) is 0 Å². The van der Waals surface area contributed by atoms with Gasteiger partial charge in [-0.3, -0.25) is 14.5 Å². The summed E-state index contributed by atoms with van der Waals surface area (Å²) in [4.78, 5) is 28.4. The second kappa shape index (κ2) is 7.59. The van der Waals surface area contributed by atoms with Crippen LogP contribution in [0.3, 0.4) is 0 Å². The topological polar surface area (TPSA) is 96.0 Å². The molecule has 8 nitrogen and oxygen atoms in total. The van der Waals surface area contributed by atoms with Gasteiger partial charge in [-0.15, -0.1) is 0 Å². The molecule has 9 heteroatoms. The molecule has 2 heterocycles. The standard InChI is InChI=1S/C16H27N3O5S/c1-18(12-2-9-25(22,23)11-12)16(21)14-10-13(14)15(20)17-3-4-19-5-7-24-8-6-19/h12-14H,2-11H2,1H3,(H,17,20). The largest absolute Gasteiger partial charge is 0.379 e. The highest BCUT2D eigenvalue weighted by Crippen LogP contribution is 2.40. The van der Waals surface area contributed by atoms with Crippen molar-refractivity contribution in [2.24, 2.45) is 11.8 Å². The summed E-state index contributed by atoms with van der Waals surface area (Å²) in [5.74, 6) is -0.548. The van der Waals surface area contributed by atoms with Gasteiger partial charge in [0.15, 0.2) is 9.84 Å². The van der Waals surface area contributed by atoms with Gasteiger partial charge in [0, 0.05) is 39.3 Å². The van der Waals surface area contributed by atoms with Crippen LogP contribution in [0.5, 0.6) is 0 Å². The maximum Gasteiger partial charge on any atom is 0.226 e. The van der Waals surface area contributed by atoms with Crippen molar-refractivity contribution >= 4 is 21.7 Å². The Hall–Kier alpha value is -1.19.